The molecule has 0 aromatic heterocycles. The van der Waals surface area contributed by atoms with E-state index < -0.39 is 0 Å². The van der Waals surface area contributed by atoms with E-state index in [1.54, 1.807) is 0 Å². The van der Waals surface area contributed by atoms with Gasteiger partial charge in [-0.25, -0.2) is 4.79 Å². The van der Waals surface area contributed by atoms with Gasteiger partial charge in [-0.2, -0.15) is 0 Å². The van der Waals surface area contributed by atoms with Gasteiger partial charge in [-0.1, -0.05) is 13.8 Å². The molecule has 2 aliphatic rings. The van der Waals surface area contributed by atoms with Gasteiger partial charge >= 0.3 is 6.03 Å². The summed E-state index contributed by atoms with van der Waals surface area (Å²) in [6.45, 7) is 8.56. The van der Waals surface area contributed by atoms with Gasteiger partial charge < -0.3 is 19.4 Å². The summed E-state index contributed by atoms with van der Waals surface area (Å²) >= 11 is 0. The van der Waals surface area contributed by atoms with E-state index in [1.807, 2.05) is 16.8 Å². The van der Waals surface area contributed by atoms with Crippen molar-refractivity contribution < 1.29 is 9.53 Å². The predicted octanol–water partition coefficient (Wildman–Crippen LogP) is 0.709. The molecule has 0 aromatic rings. The molecule has 0 aromatic carbocycles. The maximum Gasteiger partial charge on any atom is 0.320 e. The van der Waals surface area contributed by atoms with Crippen LogP contribution in [-0.4, -0.2) is 79.8 Å². The molecule has 5 nitrogen and oxygen atoms in total. The first-order valence-corrected chi connectivity index (χ1v) is 6.81. The number of amides is 2. The summed E-state index contributed by atoms with van der Waals surface area (Å²) in [6.07, 6.45) is 0.159. The Kier molecular flexibility index (Phi) is 4.12. The second-order valence-electron chi connectivity index (χ2n) is 5.86. The van der Waals surface area contributed by atoms with Crippen LogP contribution >= 0.6 is 0 Å². The monoisotopic (exact) mass is 255 g/mol. The average Bonchev–Trinajstić information content (AvgIpc) is 2.58. The second-order valence-corrected chi connectivity index (χ2v) is 5.86. The number of carbonyl (C=O) groups is 1. The summed E-state index contributed by atoms with van der Waals surface area (Å²) in [7, 11) is 4.01. The Balaban J connectivity index is 1.92. The van der Waals surface area contributed by atoms with Crippen LogP contribution in [0.1, 0.15) is 13.8 Å². The van der Waals surface area contributed by atoms with E-state index in [0.29, 0.717) is 12.0 Å². The Labute approximate surface area is 110 Å². The zero-order valence-corrected chi connectivity index (χ0v) is 11.9. The van der Waals surface area contributed by atoms with E-state index in [0.717, 1.165) is 32.8 Å². The first-order valence-electron chi connectivity index (χ1n) is 6.81. The zero-order valence-electron chi connectivity index (χ0n) is 11.9. The number of likely N-dealkylation sites (N-methyl/N-ethyl adjacent to an activating group) is 2. The topological polar surface area (TPSA) is 36.0 Å². The van der Waals surface area contributed by atoms with Crippen molar-refractivity contribution in [1.29, 1.82) is 0 Å². The van der Waals surface area contributed by atoms with Gasteiger partial charge in [0, 0.05) is 33.2 Å². The third-order valence-electron chi connectivity index (χ3n) is 4.01. The van der Waals surface area contributed by atoms with Gasteiger partial charge in [-0.15, -0.1) is 0 Å². The Morgan fingerprint density at radius 3 is 2.61 bits per heavy atom. The van der Waals surface area contributed by atoms with Crippen LogP contribution in [0, 0.1) is 5.92 Å². The van der Waals surface area contributed by atoms with Gasteiger partial charge in [0.15, 0.2) is 0 Å². The summed E-state index contributed by atoms with van der Waals surface area (Å²) in [6, 6.07) is 0.476. The maximum atomic E-state index is 12.2. The van der Waals surface area contributed by atoms with E-state index in [1.165, 1.54) is 0 Å². The van der Waals surface area contributed by atoms with E-state index >= 15 is 0 Å². The minimum absolute atomic E-state index is 0.144. The minimum atomic E-state index is 0.144. The quantitative estimate of drug-likeness (QED) is 0.745. The highest BCUT2D eigenvalue weighted by molar-refractivity contribution is 5.77. The molecule has 2 fully saturated rings. The van der Waals surface area contributed by atoms with Crippen molar-refractivity contribution in [1.82, 2.24) is 14.7 Å². The Morgan fingerprint density at radius 2 is 2.06 bits per heavy atom. The van der Waals surface area contributed by atoms with Crippen LogP contribution in [0.5, 0.6) is 0 Å². The molecule has 5 heteroatoms. The lowest BCUT2D eigenvalue weighted by Crippen LogP contribution is -2.46. The fourth-order valence-corrected chi connectivity index (χ4v) is 2.83. The largest absolute Gasteiger partial charge is 0.374 e. The molecule has 2 unspecified atom stereocenters. The summed E-state index contributed by atoms with van der Waals surface area (Å²) in [5.41, 5.74) is 0. The predicted molar refractivity (Wildman–Crippen MR) is 70.6 cm³/mol. The number of rotatable bonds is 3. The third-order valence-corrected chi connectivity index (χ3v) is 4.01. The number of carbonyl (C=O) groups excluding carboxylic acids is 1. The van der Waals surface area contributed by atoms with Crippen molar-refractivity contribution in [2.75, 3.05) is 46.9 Å². The molecule has 0 saturated carbocycles. The number of hydrogen-bond acceptors (Lipinski definition) is 3. The Morgan fingerprint density at radius 1 is 1.33 bits per heavy atom. The van der Waals surface area contributed by atoms with Gasteiger partial charge in [-0.3, -0.25) is 0 Å². The smallest absolute Gasteiger partial charge is 0.320 e. The van der Waals surface area contributed by atoms with E-state index in [-0.39, 0.29) is 12.1 Å². The summed E-state index contributed by atoms with van der Waals surface area (Å²) in [5.74, 6) is 0.499. The number of ether oxygens (including phenoxy) is 1. The molecule has 0 bridgehead atoms. The van der Waals surface area contributed by atoms with Crippen molar-refractivity contribution in [3.05, 3.63) is 0 Å². The van der Waals surface area contributed by atoms with Crippen molar-refractivity contribution in [2.24, 2.45) is 5.92 Å². The number of hydrogen-bond donors (Lipinski definition) is 0. The van der Waals surface area contributed by atoms with Crippen molar-refractivity contribution in [3.63, 3.8) is 0 Å². The standard InChI is InChI=1S/C13H25N3O2/c1-10(2)12-9-16(13(17)15(12)4)8-11-7-14(3)5-6-18-11/h10-12H,5-9H2,1-4H3. The number of urea groups is 1. The van der Waals surface area contributed by atoms with Crippen molar-refractivity contribution >= 4 is 6.03 Å². The lowest BCUT2D eigenvalue weighted by atomic mass is 10.0. The molecule has 2 saturated heterocycles. The molecule has 0 radical (unpaired) electrons. The number of morpholine rings is 1. The van der Waals surface area contributed by atoms with Gasteiger partial charge in [0.2, 0.25) is 0 Å². The van der Waals surface area contributed by atoms with Crippen LogP contribution < -0.4 is 0 Å². The molecule has 2 atom stereocenters. The first-order chi connectivity index (χ1) is 8.49. The van der Waals surface area contributed by atoms with Crippen molar-refractivity contribution in [2.45, 2.75) is 26.0 Å². The molecular formula is C13H25N3O2. The first kappa shape index (κ1) is 13.6. The highest BCUT2D eigenvalue weighted by atomic mass is 16.5. The van der Waals surface area contributed by atoms with Gasteiger partial charge in [0.05, 0.1) is 18.8 Å². The van der Waals surface area contributed by atoms with Gasteiger partial charge in [0.25, 0.3) is 0 Å². The molecule has 0 aliphatic carbocycles. The summed E-state index contributed by atoms with van der Waals surface area (Å²) in [5, 5.41) is 0. The molecule has 2 amide bonds. The SMILES string of the molecule is CC(C)C1CN(CC2CN(C)CCO2)C(=O)N1C. The van der Waals surface area contributed by atoms with Crippen LogP contribution in [0.4, 0.5) is 4.79 Å². The highest BCUT2D eigenvalue weighted by Gasteiger charge is 2.37. The molecule has 0 spiro atoms. The van der Waals surface area contributed by atoms with Crippen LogP contribution in [0.25, 0.3) is 0 Å². The summed E-state index contributed by atoms with van der Waals surface area (Å²) in [4.78, 5) is 18.2. The van der Waals surface area contributed by atoms with Crippen molar-refractivity contribution in [3.8, 4) is 0 Å². The molecular weight excluding hydrogens is 230 g/mol. The molecule has 2 aliphatic heterocycles. The van der Waals surface area contributed by atoms with Crippen LogP contribution in [0.2, 0.25) is 0 Å². The summed E-state index contributed by atoms with van der Waals surface area (Å²) < 4.78 is 5.74. The Hall–Kier alpha value is -0.810. The lowest BCUT2D eigenvalue weighted by Gasteiger charge is -2.32. The Bertz CT molecular complexity index is 309. The normalized spacial score (nSPS) is 30.6. The lowest BCUT2D eigenvalue weighted by molar-refractivity contribution is -0.0291. The third kappa shape index (κ3) is 2.78. The van der Waals surface area contributed by atoms with E-state index in [2.05, 4.69) is 25.8 Å². The van der Waals surface area contributed by atoms with Gasteiger partial charge in [-0.05, 0) is 13.0 Å². The van der Waals surface area contributed by atoms with Crippen LogP contribution in [-0.2, 0) is 4.74 Å². The fourth-order valence-electron chi connectivity index (χ4n) is 2.83. The zero-order chi connectivity index (χ0) is 13.3. The molecule has 0 N–H and O–H groups in total. The fraction of sp³-hybridized carbons (Fsp3) is 0.923. The minimum Gasteiger partial charge on any atom is -0.374 e. The maximum absolute atomic E-state index is 12.2. The highest BCUT2D eigenvalue weighted by Crippen LogP contribution is 2.21. The van der Waals surface area contributed by atoms with Crippen LogP contribution in [0.3, 0.4) is 0 Å². The average molecular weight is 255 g/mol. The molecule has 2 heterocycles. The van der Waals surface area contributed by atoms with Crippen LogP contribution in [0.15, 0.2) is 0 Å². The molecule has 104 valence electrons. The second kappa shape index (κ2) is 5.45. The van der Waals surface area contributed by atoms with Gasteiger partial charge in [0.1, 0.15) is 0 Å². The molecule has 18 heavy (non-hydrogen) atoms. The van der Waals surface area contributed by atoms with E-state index in [4.69, 9.17) is 4.74 Å². The molecule has 2 rings (SSSR count). The van der Waals surface area contributed by atoms with E-state index in [9.17, 15) is 4.79 Å². The number of nitrogens with zero attached hydrogens (tertiary/aromatic N) is 3.